The Kier molecular flexibility index (Phi) is 6.25. The average Bonchev–Trinajstić information content (AvgIpc) is 3.14. The molecule has 0 unspecified atom stereocenters. The van der Waals surface area contributed by atoms with E-state index in [1.165, 1.54) is 17.7 Å². The molecule has 1 amide bonds. The van der Waals surface area contributed by atoms with Crippen LogP contribution in [-0.2, 0) is 21.2 Å². The van der Waals surface area contributed by atoms with Crippen molar-refractivity contribution >= 4 is 33.0 Å². The van der Waals surface area contributed by atoms with E-state index in [-0.39, 0.29) is 10.8 Å². The fraction of sp³-hybridized carbons (Fsp3) is 0.269. The molecule has 0 saturated carbocycles. The summed E-state index contributed by atoms with van der Waals surface area (Å²) in [6.45, 7) is 3.51. The zero-order chi connectivity index (χ0) is 24.4. The molecule has 1 atom stereocenters. The minimum atomic E-state index is -3.81. The van der Waals surface area contributed by atoms with Crippen LogP contribution in [0.15, 0.2) is 71.6 Å². The van der Waals surface area contributed by atoms with Crippen LogP contribution in [0.3, 0.4) is 0 Å². The minimum absolute atomic E-state index is 0.00543. The topological polar surface area (TPSA) is 97.0 Å². The molecule has 0 saturated heterocycles. The van der Waals surface area contributed by atoms with Gasteiger partial charge in [-0.05, 0) is 61.4 Å². The zero-order valence-electron chi connectivity index (χ0n) is 19.4. The van der Waals surface area contributed by atoms with Crippen molar-refractivity contribution in [3.05, 3.63) is 72.3 Å². The zero-order valence-corrected chi connectivity index (χ0v) is 20.2. The first-order valence-electron chi connectivity index (χ1n) is 11.6. The van der Waals surface area contributed by atoms with Crippen molar-refractivity contribution in [1.82, 2.24) is 0 Å². The summed E-state index contributed by atoms with van der Waals surface area (Å²) < 4.78 is 39.6. The highest BCUT2D eigenvalue weighted by atomic mass is 32.2. The third-order valence-corrected chi connectivity index (χ3v) is 7.45. The van der Waals surface area contributed by atoms with Crippen LogP contribution in [0, 0.1) is 0 Å². The van der Waals surface area contributed by atoms with Gasteiger partial charge in [0.1, 0.15) is 6.04 Å². The molecule has 3 aromatic rings. The lowest BCUT2D eigenvalue weighted by Crippen LogP contribution is -2.40. The van der Waals surface area contributed by atoms with Crippen LogP contribution < -0.4 is 24.4 Å². The molecule has 0 bridgehead atoms. The smallest absolute Gasteiger partial charge is 0.262 e. The number of anilines is 3. The second-order valence-electron chi connectivity index (χ2n) is 8.58. The van der Waals surface area contributed by atoms with Crippen molar-refractivity contribution in [3.8, 4) is 11.5 Å². The summed E-state index contributed by atoms with van der Waals surface area (Å²) in [5.41, 5.74) is 3.27. The Hall–Kier alpha value is -3.72. The number of amides is 1. The van der Waals surface area contributed by atoms with Crippen LogP contribution in [0.25, 0.3) is 0 Å². The summed E-state index contributed by atoms with van der Waals surface area (Å²) in [7, 11) is -3.81. The maximum atomic E-state index is 13.0. The van der Waals surface area contributed by atoms with Gasteiger partial charge in [0, 0.05) is 36.1 Å². The molecule has 2 heterocycles. The van der Waals surface area contributed by atoms with Crippen molar-refractivity contribution < 1.29 is 22.7 Å². The number of ether oxygens (including phenoxy) is 2. The molecule has 0 radical (unpaired) electrons. The van der Waals surface area contributed by atoms with Gasteiger partial charge in [-0.1, -0.05) is 18.2 Å². The quantitative estimate of drug-likeness (QED) is 0.538. The highest BCUT2D eigenvalue weighted by molar-refractivity contribution is 7.92. The molecule has 5 rings (SSSR count). The van der Waals surface area contributed by atoms with Crippen LogP contribution in [0.4, 0.5) is 17.1 Å². The summed E-state index contributed by atoms with van der Waals surface area (Å²) in [6.07, 6.45) is 1.60. The van der Waals surface area contributed by atoms with E-state index in [1.54, 1.807) is 30.3 Å². The van der Waals surface area contributed by atoms with Crippen molar-refractivity contribution in [2.45, 2.75) is 30.7 Å². The van der Waals surface area contributed by atoms with Gasteiger partial charge in [0.2, 0.25) is 5.91 Å². The second-order valence-corrected chi connectivity index (χ2v) is 10.3. The lowest BCUT2D eigenvalue weighted by atomic mass is 10.2. The van der Waals surface area contributed by atoms with Crippen molar-refractivity contribution in [1.29, 1.82) is 0 Å². The Morgan fingerprint density at radius 2 is 1.66 bits per heavy atom. The molecule has 182 valence electrons. The van der Waals surface area contributed by atoms with E-state index in [0.717, 1.165) is 24.2 Å². The van der Waals surface area contributed by atoms with E-state index < -0.39 is 16.1 Å². The highest BCUT2D eigenvalue weighted by Gasteiger charge is 2.27. The number of para-hydroxylation sites is 1. The number of sulfonamides is 1. The fourth-order valence-electron chi connectivity index (χ4n) is 4.27. The summed E-state index contributed by atoms with van der Waals surface area (Å²) >= 11 is 0. The van der Waals surface area contributed by atoms with Crippen LogP contribution in [0.2, 0.25) is 0 Å². The Morgan fingerprint density at radius 1 is 0.943 bits per heavy atom. The van der Waals surface area contributed by atoms with Crippen molar-refractivity contribution in [2.75, 3.05) is 34.7 Å². The number of nitrogens with one attached hydrogen (secondary N) is 2. The molecule has 2 N–H and O–H groups in total. The largest absolute Gasteiger partial charge is 0.490 e. The van der Waals surface area contributed by atoms with Crippen LogP contribution in [0.5, 0.6) is 11.5 Å². The van der Waals surface area contributed by atoms with E-state index >= 15 is 0 Å². The van der Waals surface area contributed by atoms with Gasteiger partial charge in [0.05, 0.1) is 18.1 Å². The number of rotatable bonds is 6. The molecular formula is C26H27N3O5S. The summed E-state index contributed by atoms with van der Waals surface area (Å²) in [6, 6.07) is 18.9. The number of carbonyl (C=O) groups is 1. The summed E-state index contributed by atoms with van der Waals surface area (Å²) in [4.78, 5) is 14.9. The third-order valence-electron chi connectivity index (χ3n) is 6.07. The van der Waals surface area contributed by atoms with E-state index in [2.05, 4.69) is 10.0 Å². The van der Waals surface area contributed by atoms with Gasteiger partial charge in [0.25, 0.3) is 10.0 Å². The van der Waals surface area contributed by atoms with Gasteiger partial charge >= 0.3 is 0 Å². The second kappa shape index (κ2) is 9.50. The molecule has 0 fully saturated rings. The van der Waals surface area contributed by atoms with Gasteiger partial charge < -0.3 is 19.7 Å². The van der Waals surface area contributed by atoms with E-state index in [1.807, 2.05) is 36.1 Å². The predicted molar refractivity (Wildman–Crippen MR) is 135 cm³/mol. The summed E-state index contributed by atoms with van der Waals surface area (Å²) in [5, 5.41) is 3.21. The normalized spacial score (nSPS) is 15.6. The molecule has 2 aliphatic heterocycles. The Morgan fingerprint density at radius 3 is 2.46 bits per heavy atom. The van der Waals surface area contributed by atoms with Gasteiger partial charge in [0.15, 0.2) is 11.5 Å². The minimum Gasteiger partial charge on any atom is -0.490 e. The molecule has 0 spiro atoms. The van der Waals surface area contributed by atoms with E-state index in [0.29, 0.717) is 36.9 Å². The molecule has 8 nitrogen and oxygen atoms in total. The first kappa shape index (κ1) is 23.0. The van der Waals surface area contributed by atoms with Crippen LogP contribution in [0.1, 0.15) is 18.9 Å². The van der Waals surface area contributed by atoms with Gasteiger partial charge in [-0.3, -0.25) is 9.52 Å². The molecular weight excluding hydrogens is 466 g/mol. The SMILES string of the molecule is C[C@H](Nc1ccc(NS(=O)(=O)c2ccc3c(c2)OCCCO3)cc1)C(=O)N1CCc2ccccc21. The number of hydrogen-bond acceptors (Lipinski definition) is 6. The van der Waals surface area contributed by atoms with Crippen molar-refractivity contribution in [3.63, 3.8) is 0 Å². The van der Waals surface area contributed by atoms with E-state index in [4.69, 9.17) is 9.47 Å². The molecule has 3 aromatic carbocycles. The van der Waals surface area contributed by atoms with Gasteiger partial charge in [-0.25, -0.2) is 8.42 Å². The molecule has 35 heavy (non-hydrogen) atoms. The first-order valence-corrected chi connectivity index (χ1v) is 13.1. The molecule has 9 heteroatoms. The Bertz CT molecular complexity index is 1340. The number of fused-ring (bicyclic) bond motifs is 2. The maximum absolute atomic E-state index is 13.0. The highest BCUT2D eigenvalue weighted by Crippen LogP contribution is 2.33. The Labute approximate surface area is 204 Å². The Balaban J connectivity index is 1.24. The first-order chi connectivity index (χ1) is 16.9. The summed E-state index contributed by atoms with van der Waals surface area (Å²) in [5.74, 6) is 0.955. The van der Waals surface area contributed by atoms with Gasteiger partial charge in [-0.2, -0.15) is 0 Å². The fourth-order valence-corrected chi connectivity index (χ4v) is 5.35. The standard InChI is InChI=1S/C26H27N3O5S/c1-18(26(30)29-14-13-19-5-2-3-6-23(19)29)27-20-7-9-21(10-8-20)28-35(31,32)22-11-12-24-25(17-22)34-16-4-15-33-24/h2-3,5-12,17-18,27-28H,4,13-16H2,1H3/t18-/m0/s1. The third kappa shape index (κ3) is 4.90. The number of hydrogen-bond donors (Lipinski definition) is 2. The van der Waals surface area contributed by atoms with Crippen LogP contribution in [-0.4, -0.2) is 40.1 Å². The molecule has 0 aromatic heterocycles. The predicted octanol–water partition coefficient (Wildman–Crippen LogP) is 4.04. The molecule has 2 aliphatic rings. The molecule has 0 aliphatic carbocycles. The van der Waals surface area contributed by atoms with Crippen LogP contribution >= 0.6 is 0 Å². The average molecular weight is 494 g/mol. The number of nitrogens with zero attached hydrogens (tertiary/aromatic N) is 1. The lowest BCUT2D eigenvalue weighted by Gasteiger charge is -2.23. The lowest BCUT2D eigenvalue weighted by molar-refractivity contribution is -0.118. The van der Waals surface area contributed by atoms with Crippen molar-refractivity contribution in [2.24, 2.45) is 0 Å². The van der Waals surface area contributed by atoms with Gasteiger partial charge in [-0.15, -0.1) is 0 Å². The maximum Gasteiger partial charge on any atom is 0.262 e. The number of benzene rings is 3. The number of carbonyl (C=O) groups excluding carboxylic acids is 1. The van der Waals surface area contributed by atoms with E-state index in [9.17, 15) is 13.2 Å². The monoisotopic (exact) mass is 493 g/mol.